The van der Waals surface area contributed by atoms with Crippen molar-refractivity contribution in [2.75, 3.05) is 7.05 Å². The quantitative estimate of drug-likeness (QED) is 0.442. The van der Waals surface area contributed by atoms with E-state index in [1.165, 1.54) is 5.56 Å². The molecule has 0 fully saturated rings. The van der Waals surface area contributed by atoms with Gasteiger partial charge in [0, 0.05) is 0 Å². The molecule has 0 aliphatic heterocycles. The molecule has 1 aromatic rings. The molecule has 5 heteroatoms. The summed E-state index contributed by atoms with van der Waals surface area (Å²) in [5.74, 6) is 0. The monoisotopic (exact) mass is 221 g/mol. The van der Waals surface area contributed by atoms with Gasteiger partial charge in [0.25, 0.3) is 0 Å². The molecule has 0 heterocycles. The van der Waals surface area contributed by atoms with Gasteiger partial charge in [0.05, 0.1) is 0 Å². The molecule has 0 aliphatic rings. The van der Waals surface area contributed by atoms with Crippen molar-refractivity contribution < 1.29 is 43.7 Å². The van der Waals surface area contributed by atoms with Crippen LogP contribution in [-0.4, -0.2) is 30.1 Å². The molecule has 0 aromatic heterocycles. The van der Waals surface area contributed by atoms with Crippen LogP contribution in [0.2, 0.25) is 0 Å². The van der Waals surface area contributed by atoms with Crippen LogP contribution in [0.4, 0.5) is 0 Å². The second kappa shape index (κ2) is 15.6. The van der Waals surface area contributed by atoms with Gasteiger partial charge >= 0.3 is 41.9 Å². The van der Waals surface area contributed by atoms with Crippen molar-refractivity contribution in [1.82, 2.24) is 0 Å². The minimum absolute atomic E-state index is 0. The zero-order valence-electron chi connectivity index (χ0n) is 8.00. The number of benzene rings is 1. The molecule has 0 saturated carbocycles. The van der Waals surface area contributed by atoms with E-state index in [-0.39, 0.29) is 66.7 Å². The van der Waals surface area contributed by atoms with E-state index in [0.29, 0.717) is 0 Å². The molecule has 0 N–H and O–H groups in total. The normalized spacial score (nSPS) is 6.54. The molecular weight excluding hydrogens is 212 g/mol. The molecule has 1 nitrogen and oxygen atoms in total. The van der Waals surface area contributed by atoms with Gasteiger partial charge in [0.2, 0.25) is 0 Å². The first kappa shape index (κ1) is 23.7. The minimum Gasteiger partial charge on any atom is -1.00 e. The van der Waals surface area contributed by atoms with Crippen LogP contribution in [0, 0.1) is 0 Å². The van der Waals surface area contributed by atoms with Crippen LogP contribution in [0.1, 0.15) is 5.56 Å². The topological polar surface area (TPSA) is 14.1 Å². The molecule has 64 valence electrons. The van der Waals surface area contributed by atoms with Gasteiger partial charge in [-0.1, -0.05) is 35.9 Å². The maximum absolute atomic E-state index is 4.01. The first-order valence-electron chi connectivity index (χ1n) is 3.03. The SMILES string of the molecule is C[N-]Cc1ccccc1.[Cl-].[Cl-].[Li+].[Mg+2]. The van der Waals surface area contributed by atoms with Gasteiger partial charge in [-0.15, -0.1) is 6.54 Å². The van der Waals surface area contributed by atoms with E-state index >= 15 is 0 Å². The van der Waals surface area contributed by atoms with Crippen LogP contribution >= 0.6 is 0 Å². The van der Waals surface area contributed by atoms with Crippen LogP contribution < -0.4 is 43.7 Å². The fraction of sp³-hybridized carbons (Fsp3) is 0.250. The number of hydrogen-bond acceptors (Lipinski definition) is 0. The number of halogens is 2. The number of rotatable bonds is 2. The third-order valence-electron chi connectivity index (χ3n) is 1.18. The summed E-state index contributed by atoms with van der Waals surface area (Å²) in [7, 11) is 1.83. The third-order valence-corrected chi connectivity index (χ3v) is 1.18. The smallest absolute Gasteiger partial charge is 1.00 e. The largest absolute Gasteiger partial charge is 2.00 e. The van der Waals surface area contributed by atoms with Gasteiger partial charge in [-0.25, -0.2) is 0 Å². The van der Waals surface area contributed by atoms with Crippen LogP contribution in [-0.2, 0) is 6.54 Å². The summed E-state index contributed by atoms with van der Waals surface area (Å²) in [6.07, 6.45) is 0. The average molecular weight is 222 g/mol. The molecule has 0 unspecified atom stereocenters. The van der Waals surface area contributed by atoms with Crippen LogP contribution in [0.5, 0.6) is 0 Å². The predicted octanol–water partition coefficient (Wildman–Crippen LogP) is -7.18. The Morgan fingerprint density at radius 1 is 1.08 bits per heavy atom. The van der Waals surface area contributed by atoms with E-state index in [4.69, 9.17) is 0 Å². The van der Waals surface area contributed by atoms with E-state index in [9.17, 15) is 0 Å². The molecule has 0 amide bonds. The zero-order valence-corrected chi connectivity index (χ0v) is 10.9. The van der Waals surface area contributed by atoms with Crippen LogP contribution in [0.3, 0.4) is 0 Å². The molecule has 1 aromatic carbocycles. The Balaban J connectivity index is -0.000000101. The molecular formula is C8H10Cl2LiMgN. The summed E-state index contributed by atoms with van der Waals surface area (Å²) in [4.78, 5) is 0. The van der Waals surface area contributed by atoms with E-state index in [0.717, 1.165) is 6.54 Å². The summed E-state index contributed by atoms with van der Waals surface area (Å²) in [6.45, 7) is 0.834. The van der Waals surface area contributed by atoms with E-state index < -0.39 is 0 Å². The van der Waals surface area contributed by atoms with Gasteiger partial charge < -0.3 is 30.1 Å². The molecule has 0 radical (unpaired) electrons. The fourth-order valence-corrected chi connectivity index (χ4v) is 0.766. The molecule has 1 rings (SSSR count). The van der Waals surface area contributed by atoms with Crippen molar-refractivity contribution in [3.8, 4) is 0 Å². The summed E-state index contributed by atoms with van der Waals surface area (Å²) in [5, 5.41) is 4.01. The maximum atomic E-state index is 4.01. The van der Waals surface area contributed by atoms with Crippen molar-refractivity contribution >= 4 is 23.1 Å². The Kier molecular flexibility index (Phi) is 28.5. The van der Waals surface area contributed by atoms with Crippen molar-refractivity contribution in [2.24, 2.45) is 0 Å². The summed E-state index contributed by atoms with van der Waals surface area (Å²) in [6, 6.07) is 10.2. The molecule has 0 saturated heterocycles. The number of nitrogens with zero attached hydrogens (tertiary/aromatic N) is 1. The standard InChI is InChI=1S/C8H10N.2ClH.Li.Mg/c1-9-7-8-5-3-2-4-6-8;;;;/h2-6H,7H2,1H3;2*1H;;/q-1;;;+1;+2/p-2. The van der Waals surface area contributed by atoms with Gasteiger partial charge in [0.15, 0.2) is 0 Å². The summed E-state index contributed by atoms with van der Waals surface area (Å²) < 4.78 is 0. The average Bonchev–Trinajstić information content (AvgIpc) is 1.91. The molecule has 13 heavy (non-hydrogen) atoms. The Bertz CT molecular complexity index is 175. The fourth-order valence-electron chi connectivity index (χ4n) is 0.766. The van der Waals surface area contributed by atoms with E-state index in [1.54, 1.807) is 0 Å². The number of hydrogen-bond donors (Lipinski definition) is 0. The van der Waals surface area contributed by atoms with Crippen molar-refractivity contribution in [1.29, 1.82) is 0 Å². The van der Waals surface area contributed by atoms with E-state index in [2.05, 4.69) is 17.4 Å². The van der Waals surface area contributed by atoms with Crippen LogP contribution in [0.25, 0.3) is 5.32 Å². The van der Waals surface area contributed by atoms with Gasteiger partial charge in [-0.05, 0) is 0 Å². The van der Waals surface area contributed by atoms with E-state index in [1.807, 2.05) is 25.2 Å². The summed E-state index contributed by atoms with van der Waals surface area (Å²) in [5.41, 5.74) is 1.28. The molecule has 0 aliphatic carbocycles. The Hall–Kier alpha value is 1.12. The Labute approximate surface area is 121 Å². The minimum atomic E-state index is 0. The van der Waals surface area contributed by atoms with Crippen molar-refractivity contribution in [3.05, 3.63) is 41.2 Å². The van der Waals surface area contributed by atoms with Gasteiger partial charge in [-0.3, -0.25) is 0 Å². The first-order valence-corrected chi connectivity index (χ1v) is 3.03. The first-order chi connectivity index (χ1) is 4.43. The van der Waals surface area contributed by atoms with Crippen molar-refractivity contribution in [3.63, 3.8) is 0 Å². The maximum Gasteiger partial charge on any atom is 2.00 e. The zero-order chi connectivity index (χ0) is 6.53. The molecule has 0 atom stereocenters. The summed E-state index contributed by atoms with van der Waals surface area (Å²) >= 11 is 0. The second-order valence-corrected chi connectivity index (χ2v) is 1.96. The predicted molar refractivity (Wildman–Crippen MR) is 45.2 cm³/mol. The van der Waals surface area contributed by atoms with Gasteiger partial charge in [0.1, 0.15) is 0 Å². The molecule has 0 bridgehead atoms. The Morgan fingerprint density at radius 3 is 1.92 bits per heavy atom. The van der Waals surface area contributed by atoms with Gasteiger partial charge in [-0.2, -0.15) is 7.05 Å². The van der Waals surface area contributed by atoms with Crippen molar-refractivity contribution in [2.45, 2.75) is 6.54 Å². The van der Waals surface area contributed by atoms with Crippen LogP contribution in [0.15, 0.2) is 30.3 Å². The second-order valence-electron chi connectivity index (χ2n) is 1.96. The molecule has 0 spiro atoms. The third kappa shape index (κ3) is 11.0. The Morgan fingerprint density at radius 2 is 1.54 bits per heavy atom.